The molecule has 108 valence electrons. The fraction of sp³-hybridized carbons (Fsp3) is 0.286. The maximum atomic E-state index is 11.9. The van der Waals surface area contributed by atoms with E-state index in [1.165, 1.54) is 6.33 Å². The van der Waals surface area contributed by atoms with Crippen LogP contribution >= 0.6 is 0 Å². The van der Waals surface area contributed by atoms with Crippen molar-refractivity contribution in [3.63, 3.8) is 0 Å². The van der Waals surface area contributed by atoms with Crippen LogP contribution < -0.4 is 11.1 Å². The van der Waals surface area contributed by atoms with Gasteiger partial charge in [0.25, 0.3) is 5.82 Å². The number of nitrogen functional groups attached to an aromatic ring is 1. The van der Waals surface area contributed by atoms with Crippen molar-refractivity contribution in [3.05, 3.63) is 35.9 Å². The Balaban J connectivity index is 1.82. The van der Waals surface area contributed by atoms with E-state index in [0.717, 1.165) is 11.3 Å². The van der Waals surface area contributed by atoms with Crippen LogP contribution in [0.4, 0.5) is 11.4 Å². The quantitative estimate of drug-likeness (QED) is 0.808. The summed E-state index contributed by atoms with van der Waals surface area (Å²) < 4.78 is 1.55. The van der Waals surface area contributed by atoms with Gasteiger partial charge in [-0.05, 0) is 31.0 Å². The van der Waals surface area contributed by atoms with Crippen LogP contribution in [-0.4, -0.2) is 20.7 Å². The number of amides is 1. The highest BCUT2D eigenvalue weighted by molar-refractivity contribution is 5.91. The Kier molecular flexibility index (Phi) is 4.51. The first-order chi connectivity index (χ1) is 10.1. The average Bonchev–Trinajstić information content (AvgIpc) is 2.91. The molecule has 0 unspecified atom stereocenters. The number of nitriles is 1. The molecule has 0 saturated heterocycles. The van der Waals surface area contributed by atoms with E-state index in [9.17, 15) is 4.79 Å². The number of benzene rings is 1. The number of nitrogens with two attached hydrogens (primary N) is 1. The molecule has 0 saturated carbocycles. The molecule has 0 spiro atoms. The van der Waals surface area contributed by atoms with Gasteiger partial charge in [-0.2, -0.15) is 5.26 Å². The summed E-state index contributed by atoms with van der Waals surface area (Å²) in [5, 5.41) is 15.4. The summed E-state index contributed by atoms with van der Waals surface area (Å²) >= 11 is 0. The summed E-state index contributed by atoms with van der Waals surface area (Å²) in [5.41, 5.74) is 8.01. The first-order valence-corrected chi connectivity index (χ1v) is 6.54. The Morgan fingerprint density at radius 3 is 3.05 bits per heavy atom. The van der Waals surface area contributed by atoms with Gasteiger partial charge in [0.15, 0.2) is 0 Å². The van der Waals surface area contributed by atoms with Gasteiger partial charge in [-0.3, -0.25) is 9.48 Å². The molecule has 1 heterocycles. The third-order valence-electron chi connectivity index (χ3n) is 2.96. The second-order valence-electron chi connectivity index (χ2n) is 4.67. The molecular formula is C14H16N6O. The monoisotopic (exact) mass is 284 g/mol. The number of rotatable bonds is 5. The molecule has 0 radical (unpaired) electrons. The zero-order valence-electron chi connectivity index (χ0n) is 11.7. The van der Waals surface area contributed by atoms with E-state index in [2.05, 4.69) is 15.4 Å². The summed E-state index contributed by atoms with van der Waals surface area (Å²) in [4.78, 5) is 15.7. The van der Waals surface area contributed by atoms with Crippen molar-refractivity contribution >= 4 is 17.3 Å². The fourth-order valence-corrected chi connectivity index (χ4v) is 1.84. The largest absolute Gasteiger partial charge is 0.399 e. The van der Waals surface area contributed by atoms with Gasteiger partial charge in [0, 0.05) is 24.3 Å². The van der Waals surface area contributed by atoms with Crippen LogP contribution in [0, 0.1) is 18.3 Å². The van der Waals surface area contributed by atoms with Gasteiger partial charge in [0.1, 0.15) is 12.4 Å². The highest BCUT2D eigenvalue weighted by Crippen LogP contribution is 2.18. The number of nitrogens with one attached hydrogen (secondary N) is 1. The lowest BCUT2D eigenvalue weighted by molar-refractivity contribution is -0.116. The lowest BCUT2D eigenvalue weighted by Crippen LogP contribution is -2.13. The zero-order chi connectivity index (χ0) is 15.2. The highest BCUT2D eigenvalue weighted by atomic mass is 16.1. The van der Waals surface area contributed by atoms with Crippen molar-refractivity contribution in [1.29, 1.82) is 5.26 Å². The van der Waals surface area contributed by atoms with Crippen molar-refractivity contribution in [2.45, 2.75) is 26.3 Å². The molecule has 21 heavy (non-hydrogen) atoms. The molecule has 0 aliphatic rings. The van der Waals surface area contributed by atoms with Crippen molar-refractivity contribution in [2.24, 2.45) is 0 Å². The van der Waals surface area contributed by atoms with E-state index < -0.39 is 0 Å². The molecule has 0 atom stereocenters. The Hall–Kier alpha value is -2.88. The van der Waals surface area contributed by atoms with Crippen molar-refractivity contribution < 1.29 is 4.79 Å². The second kappa shape index (κ2) is 6.52. The number of aromatic nitrogens is 3. The van der Waals surface area contributed by atoms with Crippen molar-refractivity contribution in [3.8, 4) is 6.07 Å². The van der Waals surface area contributed by atoms with E-state index in [1.807, 2.05) is 19.1 Å². The summed E-state index contributed by atoms with van der Waals surface area (Å²) in [6, 6.07) is 7.26. The molecule has 7 heteroatoms. The number of carbonyl (C=O) groups is 1. The van der Waals surface area contributed by atoms with E-state index in [1.54, 1.807) is 16.8 Å². The minimum absolute atomic E-state index is 0.0793. The molecule has 0 bridgehead atoms. The van der Waals surface area contributed by atoms with Gasteiger partial charge in [0.05, 0.1) is 0 Å². The van der Waals surface area contributed by atoms with Gasteiger partial charge < -0.3 is 11.1 Å². The SMILES string of the molecule is Cc1ccc(N)cc1NC(=O)CCCn1cnc(C#N)n1. The Labute approximate surface area is 122 Å². The zero-order valence-corrected chi connectivity index (χ0v) is 11.7. The normalized spacial score (nSPS) is 10.1. The third kappa shape index (κ3) is 4.04. The smallest absolute Gasteiger partial charge is 0.252 e. The minimum atomic E-state index is -0.0793. The number of hydrogen-bond acceptors (Lipinski definition) is 5. The van der Waals surface area contributed by atoms with Crippen LogP contribution in [0.15, 0.2) is 24.5 Å². The van der Waals surface area contributed by atoms with E-state index in [-0.39, 0.29) is 11.7 Å². The lowest BCUT2D eigenvalue weighted by Gasteiger charge is -2.09. The van der Waals surface area contributed by atoms with Crippen LogP contribution in [0.2, 0.25) is 0 Å². The molecule has 1 amide bonds. The number of carbonyl (C=O) groups excluding carboxylic acids is 1. The molecule has 0 aliphatic heterocycles. The summed E-state index contributed by atoms with van der Waals surface area (Å²) in [6.07, 6.45) is 2.45. The predicted octanol–water partition coefficient (Wildman–Crippen LogP) is 1.46. The van der Waals surface area contributed by atoms with Gasteiger partial charge in [-0.25, -0.2) is 4.98 Å². The lowest BCUT2D eigenvalue weighted by atomic mass is 10.1. The van der Waals surface area contributed by atoms with Crippen LogP contribution in [0.1, 0.15) is 24.2 Å². The Morgan fingerprint density at radius 1 is 1.52 bits per heavy atom. The first-order valence-electron chi connectivity index (χ1n) is 6.54. The topological polar surface area (TPSA) is 110 Å². The second-order valence-corrected chi connectivity index (χ2v) is 4.67. The Morgan fingerprint density at radius 2 is 2.33 bits per heavy atom. The number of anilines is 2. The van der Waals surface area contributed by atoms with E-state index >= 15 is 0 Å². The maximum Gasteiger partial charge on any atom is 0.252 e. The molecule has 3 N–H and O–H groups in total. The van der Waals surface area contributed by atoms with Gasteiger partial charge in [-0.1, -0.05) is 6.07 Å². The molecular weight excluding hydrogens is 268 g/mol. The number of aryl methyl sites for hydroxylation is 2. The van der Waals surface area contributed by atoms with Crippen LogP contribution in [0.5, 0.6) is 0 Å². The van der Waals surface area contributed by atoms with Crippen molar-refractivity contribution in [2.75, 3.05) is 11.1 Å². The fourth-order valence-electron chi connectivity index (χ4n) is 1.84. The van der Waals surface area contributed by atoms with E-state index in [0.29, 0.717) is 25.1 Å². The van der Waals surface area contributed by atoms with Crippen LogP contribution in [0.25, 0.3) is 0 Å². The van der Waals surface area contributed by atoms with Crippen LogP contribution in [0.3, 0.4) is 0 Å². The molecule has 1 aromatic heterocycles. The Bertz CT molecular complexity index is 685. The molecule has 7 nitrogen and oxygen atoms in total. The standard InChI is InChI=1S/C14H16N6O/c1-10-4-5-11(16)7-12(10)18-14(21)3-2-6-20-9-17-13(8-15)19-20/h4-5,7,9H,2-3,6,16H2,1H3,(H,18,21). The van der Waals surface area contributed by atoms with Crippen LogP contribution in [-0.2, 0) is 11.3 Å². The number of hydrogen-bond donors (Lipinski definition) is 2. The van der Waals surface area contributed by atoms with E-state index in [4.69, 9.17) is 11.0 Å². The number of nitrogens with zero attached hydrogens (tertiary/aromatic N) is 4. The summed E-state index contributed by atoms with van der Waals surface area (Å²) in [7, 11) is 0. The van der Waals surface area contributed by atoms with Gasteiger partial charge in [0.2, 0.25) is 5.91 Å². The molecule has 0 aliphatic carbocycles. The minimum Gasteiger partial charge on any atom is -0.399 e. The van der Waals surface area contributed by atoms with Gasteiger partial charge >= 0.3 is 0 Å². The molecule has 0 fully saturated rings. The molecule has 1 aromatic carbocycles. The highest BCUT2D eigenvalue weighted by Gasteiger charge is 2.06. The average molecular weight is 284 g/mol. The summed E-state index contributed by atoms with van der Waals surface area (Å²) in [5.74, 6) is 0.0548. The summed E-state index contributed by atoms with van der Waals surface area (Å²) in [6.45, 7) is 2.45. The third-order valence-corrected chi connectivity index (χ3v) is 2.96. The molecule has 2 aromatic rings. The first kappa shape index (κ1) is 14.5. The van der Waals surface area contributed by atoms with Crippen molar-refractivity contribution in [1.82, 2.24) is 14.8 Å². The molecule has 2 rings (SSSR count). The maximum absolute atomic E-state index is 11.9. The predicted molar refractivity (Wildman–Crippen MR) is 78.2 cm³/mol. The van der Waals surface area contributed by atoms with Gasteiger partial charge in [-0.15, -0.1) is 5.10 Å².